The number of amides is 2. The highest BCUT2D eigenvalue weighted by molar-refractivity contribution is 6.30. The predicted molar refractivity (Wildman–Crippen MR) is 123 cm³/mol. The van der Waals surface area contributed by atoms with Crippen molar-refractivity contribution in [3.8, 4) is 11.5 Å². The summed E-state index contributed by atoms with van der Waals surface area (Å²) in [6, 6.07) is 17.7. The molecule has 0 bridgehead atoms. The molecular weight excluding hydrogens is 469 g/mol. The number of ether oxygens (including phenoxy) is 1. The average molecular weight is 491 g/mol. The summed E-state index contributed by atoms with van der Waals surface area (Å²) in [5.41, 5.74) is 0.149. The van der Waals surface area contributed by atoms with Gasteiger partial charge in [-0.15, -0.1) is 0 Å². The molecule has 0 unspecified atom stereocenters. The van der Waals surface area contributed by atoms with Gasteiger partial charge in [0.05, 0.1) is 11.6 Å². The van der Waals surface area contributed by atoms with Crippen molar-refractivity contribution < 1.29 is 27.8 Å². The molecule has 178 valence electrons. The Bertz CT molecular complexity index is 1140. The second-order valence-corrected chi connectivity index (χ2v) is 8.30. The van der Waals surface area contributed by atoms with Gasteiger partial charge >= 0.3 is 12.2 Å². The average Bonchev–Trinajstić information content (AvgIpc) is 3.15. The molecule has 2 amide bonds. The zero-order valence-corrected chi connectivity index (χ0v) is 18.8. The lowest BCUT2D eigenvalue weighted by Crippen LogP contribution is -2.33. The fourth-order valence-electron chi connectivity index (χ4n) is 3.88. The normalized spacial score (nSPS) is 16.3. The minimum absolute atomic E-state index is 0.0886. The molecule has 9 heteroatoms. The smallest absolute Gasteiger partial charge is 0.416 e. The number of carbonyl (C=O) groups excluding carboxylic acids is 1. The summed E-state index contributed by atoms with van der Waals surface area (Å²) >= 11 is 5.89. The molecule has 34 heavy (non-hydrogen) atoms. The molecule has 1 atom stereocenters. The maximum atomic E-state index is 13.3. The van der Waals surface area contributed by atoms with Crippen LogP contribution in [0.1, 0.15) is 23.6 Å². The van der Waals surface area contributed by atoms with Gasteiger partial charge in [0.15, 0.2) is 0 Å². The molecule has 0 radical (unpaired) electrons. The fourth-order valence-corrected chi connectivity index (χ4v) is 4.01. The van der Waals surface area contributed by atoms with Gasteiger partial charge in [0, 0.05) is 30.4 Å². The molecule has 3 aromatic rings. The summed E-state index contributed by atoms with van der Waals surface area (Å²) in [6.07, 6.45) is -4.11. The van der Waals surface area contributed by atoms with Gasteiger partial charge < -0.3 is 14.7 Å². The molecular formula is C25H22ClF3N2O3. The Balaban J connectivity index is 1.62. The number of carbonyl (C=O) groups is 1. The molecule has 1 saturated heterocycles. The van der Waals surface area contributed by atoms with E-state index in [0.29, 0.717) is 40.7 Å². The van der Waals surface area contributed by atoms with E-state index in [4.69, 9.17) is 16.3 Å². The molecule has 0 spiro atoms. The van der Waals surface area contributed by atoms with Crippen molar-refractivity contribution in [2.24, 2.45) is 0 Å². The van der Waals surface area contributed by atoms with Crippen LogP contribution in [0.25, 0.3) is 0 Å². The highest BCUT2D eigenvalue weighted by atomic mass is 35.5. The van der Waals surface area contributed by atoms with Crippen molar-refractivity contribution >= 4 is 23.3 Å². The highest BCUT2D eigenvalue weighted by Gasteiger charge is 2.40. The van der Waals surface area contributed by atoms with Gasteiger partial charge in [-0.3, -0.25) is 4.90 Å². The molecule has 5 nitrogen and oxygen atoms in total. The number of anilines is 1. The van der Waals surface area contributed by atoms with Crippen LogP contribution in [0.2, 0.25) is 5.02 Å². The van der Waals surface area contributed by atoms with Crippen LogP contribution < -0.4 is 9.64 Å². The monoisotopic (exact) mass is 490 g/mol. The molecule has 0 aliphatic carbocycles. The summed E-state index contributed by atoms with van der Waals surface area (Å²) in [6.45, 7) is 0.428. The van der Waals surface area contributed by atoms with E-state index in [0.717, 1.165) is 12.1 Å². The summed E-state index contributed by atoms with van der Waals surface area (Å²) in [5.74, 6) is 1.12. The van der Waals surface area contributed by atoms with Gasteiger partial charge in [0.25, 0.3) is 0 Å². The van der Waals surface area contributed by atoms with E-state index >= 15 is 0 Å². The third-order valence-corrected chi connectivity index (χ3v) is 5.78. The van der Waals surface area contributed by atoms with Crippen LogP contribution in [0.5, 0.6) is 11.5 Å². The summed E-state index contributed by atoms with van der Waals surface area (Å²) < 4.78 is 45.7. The minimum Gasteiger partial charge on any atom is -0.457 e. The summed E-state index contributed by atoms with van der Waals surface area (Å²) in [5, 5.41) is 9.76. The maximum Gasteiger partial charge on any atom is 0.416 e. The van der Waals surface area contributed by atoms with Crippen LogP contribution >= 0.6 is 11.6 Å². The molecule has 1 heterocycles. The number of nitrogens with zero attached hydrogens (tertiary/aromatic N) is 2. The van der Waals surface area contributed by atoms with E-state index in [1.165, 1.54) is 11.0 Å². The number of hydrogen-bond acceptors (Lipinski definition) is 3. The molecule has 4 rings (SSSR count). The van der Waals surface area contributed by atoms with Gasteiger partial charge in [0.1, 0.15) is 11.5 Å². The van der Waals surface area contributed by atoms with Crippen LogP contribution in [-0.2, 0) is 6.18 Å². The largest absolute Gasteiger partial charge is 0.457 e. The quantitative estimate of drug-likeness (QED) is 0.410. The minimum atomic E-state index is -4.49. The van der Waals surface area contributed by atoms with Crippen molar-refractivity contribution in [2.45, 2.75) is 18.6 Å². The SMILES string of the molecule is O=C1N(CCCO)C[C@H](c2cccc(C(F)(F)F)c2)N1c1ccc(Oc2ccc(Cl)cc2)cc1. The van der Waals surface area contributed by atoms with E-state index in [1.807, 2.05) is 0 Å². The molecule has 1 fully saturated rings. The first-order chi connectivity index (χ1) is 16.3. The van der Waals surface area contributed by atoms with Crippen molar-refractivity contribution in [3.63, 3.8) is 0 Å². The highest BCUT2D eigenvalue weighted by Crippen LogP contribution is 2.38. The predicted octanol–water partition coefficient (Wildman–Crippen LogP) is 6.52. The van der Waals surface area contributed by atoms with Crippen LogP contribution in [0.3, 0.4) is 0 Å². The first-order valence-corrected chi connectivity index (χ1v) is 11.0. The molecule has 1 aliphatic rings. The number of halogens is 4. The Hall–Kier alpha value is -3.23. The number of alkyl halides is 3. The molecule has 0 aromatic heterocycles. The van der Waals surface area contributed by atoms with Crippen molar-refractivity contribution in [2.75, 3.05) is 24.6 Å². The Morgan fingerprint density at radius 3 is 2.26 bits per heavy atom. The van der Waals surface area contributed by atoms with Crippen LogP contribution in [0, 0.1) is 0 Å². The zero-order chi connectivity index (χ0) is 24.3. The van der Waals surface area contributed by atoms with Gasteiger partial charge in [-0.2, -0.15) is 13.2 Å². The van der Waals surface area contributed by atoms with Gasteiger partial charge in [0.2, 0.25) is 0 Å². The first-order valence-electron chi connectivity index (χ1n) is 10.7. The van der Waals surface area contributed by atoms with Crippen molar-refractivity contribution in [1.82, 2.24) is 4.90 Å². The van der Waals surface area contributed by atoms with Gasteiger partial charge in [-0.1, -0.05) is 23.7 Å². The topological polar surface area (TPSA) is 53.0 Å². The second kappa shape index (κ2) is 9.95. The second-order valence-electron chi connectivity index (χ2n) is 7.86. The van der Waals surface area contributed by atoms with E-state index in [2.05, 4.69) is 0 Å². The fraction of sp³-hybridized carbons (Fsp3) is 0.240. The van der Waals surface area contributed by atoms with E-state index in [-0.39, 0.29) is 19.2 Å². The third-order valence-electron chi connectivity index (χ3n) is 5.53. The summed E-state index contributed by atoms with van der Waals surface area (Å²) in [7, 11) is 0. The van der Waals surface area contributed by atoms with E-state index in [1.54, 1.807) is 59.5 Å². The van der Waals surface area contributed by atoms with Crippen LogP contribution in [0.15, 0.2) is 72.8 Å². The maximum absolute atomic E-state index is 13.3. The molecule has 0 saturated carbocycles. The number of aliphatic hydroxyl groups excluding tert-OH is 1. The number of urea groups is 1. The third kappa shape index (κ3) is 5.29. The lowest BCUT2D eigenvalue weighted by molar-refractivity contribution is -0.137. The Morgan fingerprint density at radius 1 is 1.00 bits per heavy atom. The van der Waals surface area contributed by atoms with E-state index in [9.17, 15) is 23.1 Å². The van der Waals surface area contributed by atoms with Crippen molar-refractivity contribution in [1.29, 1.82) is 0 Å². The van der Waals surface area contributed by atoms with Crippen LogP contribution in [-0.4, -0.2) is 35.7 Å². The first kappa shape index (κ1) is 23.9. The van der Waals surface area contributed by atoms with E-state index < -0.39 is 17.8 Å². The molecule has 1 N–H and O–H groups in total. The number of rotatable bonds is 7. The number of hydrogen-bond donors (Lipinski definition) is 1. The Kier molecular flexibility index (Phi) is 7.00. The Morgan fingerprint density at radius 2 is 1.65 bits per heavy atom. The molecule has 1 aliphatic heterocycles. The standard InChI is InChI=1S/C25H22ClF3N2O3/c26-19-5-9-21(10-6-19)34-22-11-7-20(8-12-22)31-23(16-30(24(31)33)13-2-14-32)17-3-1-4-18(15-17)25(27,28)29/h1,3-12,15,23,32H,2,13-14,16H2/t23-/m1/s1. The number of aliphatic hydroxyl groups is 1. The lowest BCUT2D eigenvalue weighted by Gasteiger charge is -2.24. The zero-order valence-electron chi connectivity index (χ0n) is 18.0. The lowest BCUT2D eigenvalue weighted by atomic mass is 10.0. The van der Waals surface area contributed by atoms with Gasteiger partial charge in [-0.25, -0.2) is 4.79 Å². The summed E-state index contributed by atoms with van der Waals surface area (Å²) in [4.78, 5) is 16.2. The molecule has 3 aromatic carbocycles. The van der Waals surface area contributed by atoms with Gasteiger partial charge in [-0.05, 0) is 72.6 Å². The van der Waals surface area contributed by atoms with Crippen molar-refractivity contribution in [3.05, 3.63) is 88.9 Å². The Labute approximate surface area is 199 Å². The number of benzene rings is 3. The van der Waals surface area contributed by atoms with Crippen LogP contribution in [0.4, 0.5) is 23.7 Å².